The van der Waals surface area contributed by atoms with Gasteiger partial charge in [0, 0.05) is 25.7 Å². The molecular formula is C72H140O17P2. The molecule has 540 valence electrons. The largest absolute Gasteiger partial charge is 0.472 e. The van der Waals surface area contributed by atoms with Gasteiger partial charge in [-0.25, -0.2) is 9.13 Å². The highest BCUT2D eigenvalue weighted by molar-refractivity contribution is 7.47. The molecule has 0 aromatic carbocycles. The SMILES string of the molecule is CCC(C)CCCCCCCCC(=O)OC[C@H](COP(=O)(O)OC[C@H](O)COP(=O)(O)OC[C@@H](COC(=O)CCCCCCCCCCCCCCC(C)C)OC(=O)CCCCCCCCCCCCC(C)C)OC(=O)CCCCCCCCCCCCC(C)C. The molecule has 6 atom stereocenters. The maximum Gasteiger partial charge on any atom is 0.472 e. The van der Waals surface area contributed by atoms with Crippen molar-refractivity contribution in [2.75, 3.05) is 39.6 Å². The van der Waals surface area contributed by atoms with Crippen molar-refractivity contribution in [1.29, 1.82) is 0 Å². The van der Waals surface area contributed by atoms with Gasteiger partial charge in [0.05, 0.1) is 26.4 Å². The molecule has 0 aromatic heterocycles. The van der Waals surface area contributed by atoms with Crippen LogP contribution in [0.2, 0.25) is 0 Å². The highest BCUT2D eigenvalue weighted by Crippen LogP contribution is 2.45. The first-order valence-electron chi connectivity index (χ1n) is 37.2. The summed E-state index contributed by atoms with van der Waals surface area (Å²) in [5, 5.41) is 10.6. The Kier molecular flexibility index (Phi) is 60.3. The smallest absolute Gasteiger partial charge is 0.462 e. The van der Waals surface area contributed by atoms with Crippen LogP contribution in [0.25, 0.3) is 0 Å². The molecule has 0 aliphatic heterocycles. The van der Waals surface area contributed by atoms with E-state index in [9.17, 15) is 43.2 Å². The van der Waals surface area contributed by atoms with Crippen LogP contribution in [0.3, 0.4) is 0 Å². The number of carbonyl (C=O) groups excluding carboxylic acids is 4. The Hall–Kier alpha value is -1.94. The predicted molar refractivity (Wildman–Crippen MR) is 367 cm³/mol. The van der Waals surface area contributed by atoms with Crippen LogP contribution in [0.4, 0.5) is 0 Å². The summed E-state index contributed by atoms with van der Waals surface area (Å²) in [7, 11) is -9.91. The fourth-order valence-electron chi connectivity index (χ4n) is 10.8. The lowest BCUT2D eigenvalue weighted by Crippen LogP contribution is -2.30. The Bertz CT molecular complexity index is 1800. The van der Waals surface area contributed by atoms with Gasteiger partial charge in [0.1, 0.15) is 19.3 Å². The first-order chi connectivity index (χ1) is 43.6. The van der Waals surface area contributed by atoms with Crippen LogP contribution in [0.5, 0.6) is 0 Å². The van der Waals surface area contributed by atoms with E-state index in [-0.39, 0.29) is 25.7 Å². The Labute approximate surface area is 556 Å². The average Bonchev–Trinajstić information content (AvgIpc) is 3.72. The molecule has 0 spiro atoms. The molecular weight excluding hydrogens is 1200 g/mol. The van der Waals surface area contributed by atoms with Gasteiger partial charge in [0.25, 0.3) is 0 Å². The van der Waals surface area contributed by atoms with Crippen molar-refractivity contribution in [2.24, 2.45) is 23.7 Å². The molecule has 0 saturated heterocycles. The van der Waals surface area contributed by atoms with Gasteiger partial charge in [-0.15, -0.1) is 0 Å². The summed E-state index contributed by atoms with van der Waals surface area (Å²) in [5.41, 5.74) is 0. The second kappa shape index (κ2) is 61.6. The lowest BCUT2D eigenvalue weighted by atomic mass is 10.00. The molecule has 0 aliphatic carbocycles. The van der Waals surface area contributed by atoms with Crippen LogP contribution in [-0.2, 0) is 65.4 Å². The van der Waals surface area contributed by atoms with Crippen molar-refractivity contribution in [3.05, 3.63) is 0 Å². The molecule has 0 heterocycles. The van der Waals surface area contributed by atoms with Crippen molar-refractivity contribution < 1.29 is 80.2 Å². The van der Waals surface area contributed by atoms with Gasteiger partial charge >= 0.3 is 39.5 Å². The van der Waals surface area contributed by atoms with Crippen molar-refractivity contribution in [3.63, 3.8) is 0 Å². The topological polar surface area (TPSA) is 237 Å². The summed E-state index contributed by atoms with van der Waals surface area (Å²) >= 11 is 0. The summed E-state index contributed by atoms with van der Waals surface area (Å²) in [6.45, 7) is 14.1. The van der Waals surface area contributed by atoms with Crippen molar-refractivity contribution in [3.8, 4) is 0 Å². The third-order valence-electron chi connectivity index (χ3n) is 16.9. The fourth-order valence-corrected chi connectivity index (χ4v) is 12.4. The minimum absolute atomic E-state index is 0.104. The van der Waals surface area contributed by atoms with Crippen LogP contribution >= 0.6 is 15.6 Å². The Balaban J connectivity index is 5.26. The summed E-state index contributed by atoms with van der Waals surface area (Å²) < 4.78 is 68.4. The molecule has 0 rings (SSSR count). The number of unbranched alkanes of at least 4 members (excludes halogenated alkanes) is 34. The molecule has 0 amide bonds. The first-order valence-corrected chi connectivity index (χ1v) is 40.2. The standard InChI is InChI=1S/C72H140O17P2/c1-9-65(8)51-43-35-30-31-37-45-53-70(75)83-59-68(89-72(77)55-47-39-29-23-17-15-20-26-34-42-50-64(6)7)61-87-91(80,81)85-57-66(73)56-84-90(78,79)86-60-67(88-71(76)54-46-38-28-22-16-14-19-25-33-41-49-63(4)5)58-82-69(74)52-44-36-27-21-13-11-10-12-18-24-32-40-48-62(2)3/h62-68,73H,9-61H2,1-8H3,(H,78,79)(H,80,81)/t65?,66-,67-,68-/m1/s1. The van der Waals surface area contributed by atoms with E-state index in [1.807, 2.05) is 0 Å². The van der Waals surface area contributed by atoms with Crippen LogP contribution in [0.1, 0.15) is 357 Å². The van der Waals surface area contributed by atoms with Gasteiger partial charge < -0.3 is 33.8 Å². The Morgan fingerprint density at radius 3 is 0.780 bits per heavy atom. The molecule has 3 unspecified atom stereocenters. The zero-order chi connectivity index (χ0) is 67.5. The number of esters is 4. The van der Waals surface area contributed by atoms with Gasteiger partial charge in [0.2, 0.25) is 0 Å². The zero-order valence-electron chi connectivity index (χ0n) is 59.5. The number of ether oxygens (including phenoxy) is 4. The number of hydrogen-bond acceptors (Lipinski definition) is 15. The van der Waals surface area contributed by atoms with E-state index in [1.165, 1.54) is 154 Å². The van der Waals surface area contributed by atoms with Gasteiger partial charge in [-0.1, -0.05) is 306 Å². The fraction of sp³-hybridized carbons (Fsp3) is 0.944. The van der Waals surface area contributed by atoms with E-state index in [0.29, 0.717) is 25.7 Å². The third kappa shape index (κ3) is 65.1. The lowest BCUT2D eigenvalue weighted by molar-refractivity contribution is -0.161. The third-order valence-corrected chi connectivity index (χ3v) is 18.8. The lowest BCUT2D eigenvalue weighted by Gasteiger charge is -2.21. The predicted octanol–water partition coefficient (Wildman–Crippen LogP) is 20.5. The highest BCUT2D eigenvalue weighted by atomic mass is 31.2. The van der Waals surface area contributed by atoms with Crippen molar-refractivity contribution >= 4 is 39.5 Å². The summed E-state index contributed by atoms with van der Waals surface area (Å²) in [6.07, 6.45) is 44.4. The summed E-state index contributed by atoms with van der Waals surface area (Å²) in [6, 6.07) is 0. The van der Waals surface area contributed by atoms with Crippen molar-refractivity contribution in [1.82, 2.24) is 0 Å². The second-order valence-corrected chi connectivity index (χ2v) is 30.6. The molecule has 19 heteroatoms. The van der Waals surface area contributed by atoms with Crippen LogP contribution in [-0.4, -0.2) is 96.7 Å². The van der Waals surface area contributed by atoms with E-state index in [0.717, 1.165) is 120 Å². The second-order valence-electron chi connectivity index (χ2n) is 27.6. The van der Waals surface area contributed by atoms with E-state index in [1.54, 1.807) is 0 Å². The number of aliphatic hydroxyl groups excluding tert-OH is 1. The number of phosphoric acid groups is 2. The molecule has 0 aromatic rings. The molecule has 17 nitrogen and oxygen atoms in total. The first kappa shape index (κ1) is 89.1. The maximum absolute atomic E-state index is 13.0. The summed E-state index contributed by atoms with van der Waals surface area (Å²) in [4.78, 5) is 72.6. The van der Waals surface area contributed by atoms with Gasteiger partial charge in [0.15, 0.2) is 12.2 Å². The maximum atomic E-state index is 13.0. The molecule has 0 saturated carbocycles. The van der Waals surface area contributed by atoms with E-state index >= 15 is 0 Å². The summed E-state index contributed by atoms with van der Waals surface area (Å²) in [5.74, 6) is 0.890. The highest BCUT2D eigenvalue weighted by Gasteiger charge is 2.30. The number of carbonyl (C=O) groups is 4. The number of phosphoric ester groups is 2. The van der Waals surface area contributed by atoms with Crippen LogP contribution in [0, 0.1) is 23.7 Å². The van der Waals surface area contributed by atoms with Gasteiger partial charge in [-0.05, 0) is 49.4 Å². The Morgan fingerprint density at radius 1 is 0.308 bits per heavy atom. The van der Waals surface area contributed by atoms with Crippen molar-refractivity contribution in [2.45, 2.75) is 375 Å². The monoisotopic (exact) mass is 1340 g/mol. The zero-order valence-corrected chi connectivity index (χ0v) is 61.3. The molecule has 0 aliphatic rings. The van der Waals surface area contributed by atoms with Crippen LogP contribution in [0.15, 0.2) is 0 Å². The quantitative estimate of drug-likeness (QED) is 0.0222. The minimum Gasteiger partial charge on any atom is -0.462 e. The number of aliphatic hydroxyl groups is 1. The Morgan fingerprint density at radius 2 is 0.527 bits per heavy atom. The molecule has 91 heavy (non-hydrogen) atoms. The normalized spacial score (nSPS) is 14.5. The average molecular weight is 1340 g/mol. The van der Waals surface area contributed by atoms with E-state index < -0.39 is 97.5 Å². The molecule has 0 bridgehead atoms. The van der Waals surface area contributed by atoms with E-state index in [2.05, 4.69) is 55.4 Å². The number of hydrogen-bond donors (Lipinski definition) is 3. The van der Waals surface area contributed by atoms with Gasteiger partial charge in [-0.2, -0.15) is 0 Å². The molecule has 3 N–H and O–H groups in total. The molecule has 0 fully saturated rings. The minimum atomic E-state index is -4.95. The van der Waals surface area contributed by atoms with Gasteiger partial charge in [-0.3, -0.25) is 37.3 Å². The van der Waals surface area contributed by atoms with Crippen LogP contribution < -0.4 is 0 Å². The number of rotatable bonds is 69. The molecule has 0 radical (unpaired) electrons. The van der Waals surface area contributed by atoms with E-state index in [4.69, 9.17) is 37.0 Å².